The number of carbonyl (C=O) groups excluding carboxylic acids is 1. The van der Waals surface area contributed by atoms with Crippen LogP contribution in [0.3, 0.4) is 0 Å². The van der Waals surface area contributed by atoms with Crippen LogP contribution < -0.4 is 11.1 Å². The van der Waals surface area contributed by atoms with E-state index < -0.39 is 0 Å². The highest BCUT2D eigenvalue weighted by molar-refractivity contribution is 9.11. The van der Waals surface area contributed by atoms with Crippen molar-refractivity contribution in [2.75, 3.05) is 11.1 Å². The number of para-hydroxylation sites is 2. The molecule has 2 aromatic carbocycles. The maximum atomic E-state index is 12.1. The first-order valence-electron chi connectivity index (χ1n) is 5.19. The minimum atomic E-state index is -0.235. The monoisotopic (exact) mass is 368 g/mol. The van der Waals surface area contributed by atoms with Crippen LogP contribution in [0.1, 0.15) is 10.4 Å². The van der Waals surface area contributed by atoms with Gasteiger partial charge >= 0.3 is 0 Å². The maximum Gasteiger partial charge on any atom is 0.257 e. The van der Waals surface area contributed by atoms with Crippen LogP contribution in [0.25, 0.3) is 0 Å². The van der Waals surface area contributed by atoms with Crippen molar-refractivity contribution in [2.45, 2.75) is 0 Å². The predicted octanol–water partition coefficient (Wildman–Crippen LogP) is 4.05. The number of rotatable bonds is 2. The smallest absolute Gasteiger partial charge is 0.257 e. The fraction of sp³-hybridized carbons (Fsp3) is 0. The molecule has 92 valence electrons. The number of amides is 1. The second kappa shape index (κ2) is 5.54. The lowest BCUT2D eigenvalue weighted by atomic mass is 10.1. The number of nitrogen functional groups attached to an aromatic ring is 1. The highest BCUT2D eigenvalue weighted by Crippen LogP contribution is 2.31. The normalized spacial score (nSPS) is 10.1. The Bertz CT molecular complexity index is 579. The van der Waals surface area contributed by atoms with E-state index in [4.69, 9.17) is 5.73 Å². The fourth-order valence-corrected chi connectivity index (χ4v) is 2.70. The average Bonchev–Trinajstić information content (AvgIpc) is 2.34. The van der Waals surface area contributed by atoms with Crippen molar-refractivity contribution in [3.05, 3.63) is 57.0 Å². The molecule has 3 nitrogen and oxygen atoms in total. The van der Waals surface area contributed by atoms with Gasteiger partial charge in [-0.1, -0.05) is 18.2 Å². The number of halogens is 2. The van der Waals surface area contributed by atoms with Crippen molar-refractivity contribution in [3.8, 4) is 0 Å². The second-order valence-electron chi connectivity index (χ2n) is 3.64. The van der Waals surface area contributed by atoms with E-state index >= 15 is 0 Å². The summed E-state index contributed by atoms with van der Waals surface area (Å²) >= 11 is 6.78. The average molecular weight is 370 g/mol. The molecular formula is C13H10Br2N2O. The molecule has 0 unspecified atom stereocenters. The Morgan fingerprint density at radius 3 is 2.22 bits per heavy atom. The molecule has 2 aromatic rings. The van der Waals surface area contributed by atoms with Crippen LogP contribution in [0, 0.1) is 0 Å². The minimum Gasteiger partial charge on any atom is -0.398 e. The van der Waals surface area contributed by atoms with Crippen molar-refractivity contribution in [2.24, 2.45) is 0 Å². The Labute approximate surface area is 122 Å². The standard InChI is InChI=1S/C13H10Br2N2O/c14-9-5-3-6-10(15)12(9)17-13(18)8-4-1-2-7-11(8)16/h1-7H,16H2,(H,17,18). The quantitative estimate of drug-likeness (QED) is 0.784. The fourth-order valence-electron chi connectivity index (χ4n) is 1.50. The molecular weight excluding hydrogens is 360 g/mol. The molecule has 18 heavy (non-hydrogen) atoms. The van der Waals surface area contributed by atoms with Crippen molar-refractivity contribution in [1.82, 2.24) is 0 Å². The number of hydrogen-bond acceptors (Lipinski definition) is 2. The lowest BCUT2D eigenvalue weighted by Gasteiger charge is -2.10. The van der Waals surface area contributed by atoms with Gasteiger partial charge in [-0.25, -0.2) is 0 Å². The first-order chi connectivity index (χ1) is 8.59. The Kier molecular flexibility index (Phi) is 4.04. The van der Waals surface area contributed by atoms with Gasteiger partial charge in [-0.2, -0.15) is 0 Å². The zero-order valence-electron chi connectivity index (χ0n) is 9.28. The van der Waals surface area contributed by atoms with E-state index in [0.717, 1.165) is 8.95 Å². The third-order valence-corrected chi connectivity index (χ3v) is 3.73. The molecule has 0 saturated carbocycles. The molecule has 0 radical (unpaired) electrons. The van der Waals surface area contributed by atoms with Gasteiger partial charge in [0.05, 0.1) is 11.3 Å². The maximum absolute atomic E-state index is 12.1. The van der Waals surface area contributed by atoms with E-state index in [2.05, 4.69) is 37.2 Å². The number of nitrogens with two attached hydrogens (primary N) is 1. The predicted molar refractivity (Wildman–Crippen MR) is 80.6 cm³/mol. The first kappa shape index (κ1) is 13.1. The summed E-state index contributed by atoms with van der Waals surface area (Å²) < 4.78 is 1.61. The lowest BCUT2D eigenvalue weighted by molar-refractivity contribution is 0.102. The van der Waals surface area contributed by atoms with Gasteiger partial charge in [0.25, 0.3) is 5.91 Å². The molecule has 0 spiro atoms. The van der Waals surface area contributed by atoms with E-state index in [-0.39, 0.29) is 5.91 Å². The van der Waals surface area contributed by atoms with Gasteiger partial charge in [-0.3, -0.25) is 4.79 Å². The van der Waals surface area contributed by atoms with Gasteiger partial charge in [0.1, 0.15) is 0 Å². The third kappa shape index (κ3) is 2.73. The minimum absolute atomic E-state index is 0.235. The molecule has 0 aliphatic carbocycles. The van der Waals surface area contributed by atoms with Gasteiger partial charge in [-0.05, 0) is 56.1 Å². The molecule has 0 fully saturated rings. The summed E-state index contributed by atoms with van der Waals surface area (Å²) in [6.07, 6.45) is 0. The Balaban J connectivity index is 2.30. The Morgan fingerprint density at radius 1 is 1.00 bits per heavy atom. The molecule has 0 aliphatic heterocycles. The molecule has 0 bridgehead atoms. The molecule has 5 heteroatoms. The van der Waals surface area contributed by atoms with Crippen LogP contribution in [0.4, 0.5) is 11.4 Å². The molecule has 0 aromatic heterocycles. The summed E-state index contributed by atoms with van der Waals surface area (Å²) in [5.74, 6) is -0.235. The zero-order valence-corrected chi connectivity index (χ0v) is 12.5. The highest BCUT2D eigenvalue weighted by Gasteiger charge is 2.12. The third-order valence-electron chi connectivity index (χ3n) is 2.41. The highest BCUT2D eigenvalue weighted by atomic mass is 79.9. The topological polar surface area (TPSA) is 55.1 Å². The largest absolute Gasteiger partial charge is 0.398 e. The van der Waals surface area contributed by atoms with Crippen molar-refractivity contribution in [1.29, 1.82) is 0 Å². The van der Waals surface area contributed by atoms with Gasteiger partial charge < -0.3 is 11.1 Å². The van der Waals surface area contributed by atoms with Crippen molar-refractivity contribution < 1.29 is 4.79 Å². The van der Waals surface area contributed by atoms with E-state index in [9.17, 15) is 4.79 Å². The van der Waals surface area contributed by atoms with Crippen LogP contribution >= 0.6 is 31.9 Å². The molecule has 0 heterocycles. The van der Waals surface area contributed by atoms with Crippen molar-refractivity contribution >= 4 is 49.1 Å². The van der Waals surface area contributed by atoms with Crippen LogP contribution in [-0.4, -0.2) is 5.91 Å². The zero-order chi connectivity index (χ0) is 13.1. The lowest BCUT2D eigenvalue weighted by Crippen LogP contribution is -2.14. The molecule has 0 atom stereocenters. The van der Waals surface area contributed by atoms with Crippen LogP contribution in [0.5, 0.6) is 0 Å². The summed E-state index contributed by atoms with van der Waals surface area (Å²) in [5.41, 5.74) is 7.37. The summed E-state index contributed by atoms with van der Waals surface area (Å²) in [5, 5.41) is 2.82. The molecule has 0 saturated heterocycles. The van der Waals surface area contributed by atoms with E-state index in [1.807, 2.05) is 18.2 Å². The van der Waals surface area contributed by atoms with E-state index in [1.54, 1.807) is 24.3 Å². The van der Waals surface area contributed by atoms with E-state index in [1.165, 1.54) is 0 Å². The Hall–Kier alpha value is -1.33. The number of benzene rings is 2. The number of anilines is 2. The van der Waals surface area contributed by atoms with Gasteiger partial charge in [0.15, 0.2) is 0 Å². The second-order valence-corrected chi connectivity index (χ2v) is 5.35. The SMILES string of the molecule is Nc1ccccc1C(=O)Nc1c(Br)cccc1Br. The number of hydrogen-bond donors (Lipinski definition) is 2. The van der Waals surface area contributed by atoms with Crippen LogP contribution in [0.2, 0.25) is 0 Å². The first-order valence-corrected chi connectivity index (χ1v) is 6.78. The number of carbonyl (C=O) groups is 1. The van der Waals surface area contributed by atoms with Crippen LogP contribution in [-0.2, 0) is 0 Å². The molecule has 1 amide bonds. The molecule has 0 aliphatic rings. The summed E-state index contributed by atoms with van der Waals surface area (Å²) in [4.78, 5) is 12.1. The summed E-state index contributed by atoms with van der Waals surface area (Å²) in [7, 11) is 0. The van der Waals surface area contributed by atoms with Crippen LogP contribution in [0.15, 0.2) is 51.4 Å². The number of nitrogens with one attached hydrogen (secondary N) is 1. The summed E-state index contributed by atoms with van der Waals surface area (Å²) in [6.45, 7) is 0. The Morgan fingerprint density at radius 2 is 1.61 bits per heavy atom. The van der Waals surface area contributed by atoms with E-state index in [0.29, 0.717) is 16.9 Å². The van der Waals surface area contributed by atoms with Gasteiger partial charge in [-0.15, -0.1) is 0 Å². The summed E-state index contributed by atoms with van der Waals surface area (Å²) in [6, 6.07) is 12.5. The van der Waals surface area contributed by atoms with Gasteiger partial charge in [0, 0.05) is 14.6 Å². The van der Waals surface area contributed by atoms with Gasteiger partial charge in [0.2, 0.25) is 0 Å². The van der Waals surface area contributed by atoms with Crippen molar-refractivity contribution in [3.63, 3.8) is 0 Å². The molecule has 3 N–H and O–H groups in total. The molecule has 2 rings (SSSR count).